The van der Waals surface area contributed by atoms with E-state index in [0.717, 1.165) is 55.4 Å². The van der Waals surface area contributed by atoms with Crippen LogP contribution in [-0.4, -0.2) is 67.1 Å². The molecule has 10 heteroatoms. The molecule has 150 valence electrons. The molecule has 0 aromatic carbocycles. The third-order valence-corrected chi connectivity index (χ3v) is 4.88. The predicted octanol–water partition coefficient (Wildman–Crippen LogP) is 3.17. The Hall–Kier alpha value is -0.620. The van der Waals surface area contributed by atoms with E-state index in [1.807, 2.05) is 0 Å². The summed E-state index contributed by atoms with van der Waals surface area (Å²) >= 11 is 1.05. The predicted molar refractivity (Wildman–Crippen MR) is 110 cm³/mol. The van der Waals surface area contributed by atoms with Crippen LogP contribution in [0.15, 0.2) is 10.4 Å². The van der Waals surface area contributed by atoms with Crippen molar-refractivity contribution in [3.63, 3.8) is 0 Å². The molecule has 2 heterocycles. The second kappa shape index (κ2) is 10.6. The molecule has 0 bridgehead atoms. The molecule has 1 fully saturated rings. The molecule has 0 amide bonds. The first-order valence-electron chi connectivity index (χ1n) is 8.49. The lowest BCUT2D eigenvalue weighted by atomic mass is 10.2. The standard InChI is InChI=1S/C16H26F3N5S.HI/c1-12(2)10-23-6-8-24(9-7-23)15(20-3)21-5-4-14-22-13(11-25-14)16(17,18)19;/h11-12H,4-10H2,1-3H3,(H,20,21);1H. The molecule has 1 N–H and O–H groups in total. The molecule has 1 saturated heterocycles. The minimum atomic E-state index is -4.37. The van der Waals surface area contributed by atoms with Gasteiger partial charge in [0.15, 0.2) is 11.7 Å². The number of hydrogen-bond donors (Lipinski definition) is 1. The van der Waals surface area contributed by atoms with E-state index >= 15 is 0 Å². The summed E-state index contributed by atoms with van der Waals surface area (Å²) in [7, 11) is 1.73. The number of rotatable bonds is 5. The molecular weight excluding hydrogens is 478 g/mol. The summed E-state index contributed by atoms with van der Waals surface area (Å²) in [6, 6.07) is 0. The van der Waals surface area contributed by atoms with Crippen LogP contribution in [0.1, 0.15) is 24.5 Å². The van der Waals surface area contributed by atoms with Gasteiger partial charge in [0.2, 0.25) is 0 Å². The fraction of sp³-hybridized carbons (Fsp3) is 0.750. The van der Waals surface area contributed by atoms with Gasteiger partial charge in [0, 0.05) is 58.1 Å². The van der Waals surface area contributed by atoms with Gasteiger partial charge in [-0.25, -0.2) is 4.98 Å². The van der Waals surface area contributed by atoms with Crippen LogP contribution < -0.4 is 5.32 Å². The second-order valence-electron chi connectivity index (χ2n) is 6.53. The topological polar surface area (TPSA) is 43.8 Å². The second-order valence-corrected chi connectivity index (χ2v) is 7.47. The summed E-state index contributed by atoms with van der Waals surface area (Å²) in [4.78, 5) is 12.6. The van der Waals surface area contributed by atoms with Crippen molar-refractivity contribution in [3.05, 3.63) is 16.1 Å². The Morgan fingerprint density at radius 1 is 1.31 bits per heavy atom. The van der Waals surface area contributed by atoms with Crippen LogP contribution in [0.3, 0.4) is 0 Å². The van der Waals surface area contributed by atoms with Crippen molar-refractivity contribution in [2.75, 3.05) is 46.3 Å². The zero-order chi connectivity index (χ0) is 18.4. The van der Waals surface area contributed by atoms with Crippen LogP contribution >= 0.6 is 35.3 Å². The molecule has 0 spiro atoms. The molecule has 1 aromatic heterocycles. The highest BCUT2D eigenvalue weighted by Crippen LogP contribution is 2.29. The van der Waals surface area contributed by atoms with Crippen LogP contribution in [0.25, 0.3) is 0 Å². The van der Waals surface area contributed by atoms with Gasteiger partial charge in [0.05, 0.1) is 5.01 Å². The zero-order valence-corrected chi connectivity index (χ0v) is 18.5. The molecule has 5 nitrogen and oxygen atoms in total. The van der Waals surface area contributed by atoms with Gasteiger partial charge in [-0.2, -0.15) is 13.2 Å². The number of halogens is 4. The minimum Gasteiger partial charge on any atom is -0.356 e. The summed E-state index contributed by atoms with van der Waals surface area (Å²) < 4.78 is 37.7. The van der Waals surface area contributed by atoms with Crippen molar-refractivity contribution in [2.24, 2.45) is 10.9 Å². The van der Waals surface area contributed by atoms with E-state index in [2.05, 4.69) is 38.9 Å². The van der Waals surface area contributed by atoms with E-state index in [1.54, 1.807) is 7.05 Å². The quantitative estimate of drug-likeness (QED) is 0.380. The van der Waals surface area contributed by atoms with Gasteiger partial charge in [-0.05, 0) is 5.92 Å². The molecule has 0 aliphatic carbocycles. The highest BCUT2D eigenvalue weighted by atomic mass is 127. The Bertz CT molecular complexity index is 568. The number of nitrogens with zero attached hydrogens (tertiary/aromatic N) is 4. The van der Waals surface area contributed by atoms with Crippen LogP contribution in [0.2, 0.25) is 0 Å². The van der Waals surface area contributed by atoms with Crippen molar-refractivity contribution < 1.29 is 13.2 Å². The molecule has 1 aliphatic heterocycles. The Labute approximate surface area is 174 Å². The zero-order valence-electron chi connectivity index (χ0n) is 15.3. The van der Waals surface area contributed by atoms with E-state index in [9.17, 15) is 13.2 Å². The maximum Gasteiger partial charge on any atom is 0.434 e. The average Bonchev–Trinajstić information content (AvgIpc) is 3.01. The number of alkyl halides is 3. The normalized spacial score (nSPS) is 16.7. The number of piperazine rings is 1. The largest absolute Gasteiger partial charge is 0.434 e. The first kappa shape index (κ1) is 23.4. The molecule has 1 aliphatic rings. The molecule has 2 rings (SSSR count). The smallest absolute Gasteiger partial charge is 0.356 e. The SMILES string of the molecule is CN=C(NCCc1nc(C(F)(F)F)cs1)N1CCN(CC(C)C)CC1.I. The summed E-state index contributed by atoms with van der Waals surface area (Å²) in [6.45, 7) is 9.87. The van der Waals surface area contributed by atoms with E-state index in [4.69, 9.17) is 0 Å². The maximum absolute atomic E-state index is 12.6. The van der Waals surface area contributed by atoms with Gasteiger partial charge in [-0.3, -0.25) is 9.89 Å². The number of guanidine groups is 1. The van der Waals surface area contributed by atoms with Gasteiger partial charge in [0.25, 0.3) is 0 Å². The van der Waals surface area contributed by atoms with E-state index in [0.29, 0.717) is 23.9 Å². The fourth-order valence-electron chi connectivity index (χ4n) is 2.83. The molecule has 0 atom stereocenters. The molecule has 26 heavy (non-hydrogen) atoms. The molecule has 0 radical (unpaired) electrons. The number of aliphatic imine (C=N–C) groups is 1. The summed E-state index contributed by atoms with van der Waals surface area (Å²) in [6.07, 6.45) is -3.92. The van der Waals surface area contributed by atoms with Crippen molar-refractivity contribution in [1.29, 1.82) is 0 Å². The first-order valence-corrected chi connectivity index (χ1v) is 9.37. The van der Waals surface area contributed by atoms with E-state index in [-0.39, 0.29) is 24.0 Å². The lowest BCUT2D eigenvalue weighted by molar-refractivity contribution is -0.140. The third kappa shape index (κ3) is 7.18. The number of hydrogen-bond acceptors (Lipinski definition) is 4. The number of nitrogens with one attached hydrogen (secondary N) is 1. The lowest BCUT2D eigenvalue weighted by Gasteiger charge is -2.37. The molecule has 1 aromatic rings. The summed E-state index contributed by atoms with van der Waals surface area (Å²) in [5.41, 5.74) is -0.807. The van der Waals surface area contributed by atoms with Crippen molar-refractivity contribution in [2.45, 2.75) is 26.4 Å². The highest BCUT2D eigenvalue weighted by molar-refractivity contribution is 14.0. The maximum atomic E-state index is 12.6. The third-order valence-electron chi connectivity index (χ3n) is 3.97. The lowest BCUT2D eigenvalue weighted by Crippen LogP contribution is -2.53. The van der Waals surface area contributed by atoms with Crippen molar-refractivity contribution in [1.82, 2.24) is 20.1 Å². The molecule has 0 saturated carbocycles. The van der Waals surface area contributed by atoms with Crippen LogP contribution in [0.4, 0.5) is 13.2 Å². The van der Waals surface area contributed by atoms with Crippen molar-refractivity contribution >= 4 is 41.3 Å². The van der Waals surface area contributed by atoms with Gasteiger partial charge in [-0.15, -0.1) is 35.3 Å². The van der Waals surface area contributed by atoms with Gasteiger partial charge in [0.1, 0.15) is 0 Å². The molecular formula is C16H27F3IN5S. The minimum absolute atomic E-state index is 0. The molecule has 0 unspecified atom stereocenters. The van der Waals surface area contributed by atoms with E-state index < -0.39 is 11.9 Å². The summed E-state index contributed by atoms with van der Waals surface area (Å²) in [5, 5.41) is 4.78. The van der Waals surface area contributed by atoms with E-state index in [1.165, 1.54) is 0 Å². The Kier molecular flexibility index (Phi) is 9.59. The van der Waals surface area contributed by atoms with Crippen LogP contribution in [-0.2, 0) is 12.6 Å². The average molecular weight is 505 g/mol. The number of aromatic nitrogens is 1. The Balaban J connectivity index is 0.00000338. The monoisotopic (exact) mass is 505 g/mol. The summed E-state index contributed by atoms with van der Waals surface area (Å²) in [5.74, 6) is 1.46. The number of thiazole rings is 1. The Morgan fingerprint density at radius 3 is 2.46 bits per heavy atom. The highest BCUT2D eigenvalue weighted by Gasteiger charge is 2.33. The first-order chi connectivity index (χ1) is 11.8. The van der Waals surface area contributed by atoms with Crippen molar-refractivity contribution in [3.8, 4) is 0 Å². The van der Waals surface area contributed by atoms with Gasteiger partial charge in [-0.1, -0.05) is 13.8 Å². The van der Waals surface area contributed by atoms with Gasteiger partial charge >= 0.3 is 6.18 Å². The van der Waals surface area contributed by atoms with Gasteiger partial charge < -0.3 is 10.2 Å². The van der Waals surface area contributed by atoms with Crippen LogP contribution in [0, 0.1) is 5.92 Å². The Morgan fingerprint density at radius 2 is 1.96 bits per heavy atom. The fourth-order valence-corrected chi connectivity index (χ4v) is 3.63. The van der Waals surface area contributed by atoms with Crippen LogP contribution in [0.5, 0.6) is 0 Å².